The van der Waals surface area contributed by atoms with Crippen LogP contribution in [0.2, 0.25) is 0 Å². The average molecular weight is 414 g/mol. The SMILES string of the molecule is Cc1ccc(S(=O)(=O)N(CCOS(=O)(=O)c2ccccc2)CC(C)O)cc1. The minimum Gasteiger partial charge on any atom is -0.392 e. The third-order valence-corrected chi connectivity index (χ3v) is 6.94. The Kier molecular flexibility index (Phi) is 7.12. The molecule has 9 heteroatoms. The van der Waals surface area contributed by atoms with Gasteiger partial charge in [-0.05, 0) is 38.1 Å². The lowest BCUT2D eigenvalue weighted by atomic mass is 10.2. The zero-order valence-corrected chi connectivity index (χ0v) is 16.8. The summed E-state index contributed by atoms with van der Waals surface area (Å²) in [5.41, 5.74) is 0.910. The van der Waals surface area contributed by atoms with Crippen LogP contribution in [-0.2, 0) is 24.3 Å². The van der Waals surface area contributed by atoms with E-state index in [9.17, 15) is 21.9 Å². The predicted molar refractivity (Wildman–Crippen MR) is 101 cm³/mol. The van der Waals surface area contributed by atoms with E-state index in [2.05, 4.69) is 0 Å². The summed E-state index contributed by atoms with van der Waals surface area (Å²) in [5.74, 6) is 0. The van der Waals surface area contributed by atoms with Gasteiger partial charge in [0.15, 0.2) is 0 Å². The van der Waals surface area contributed by atoms with Crippen LogP contribution in [0.4, 0.5) is 0 Å². The molecule has 0 saturated heterocycles. The van der Waals surface area contributed by atoms with E-state index in [0.29, 0.717) is 0 Å². The molecule has 1 atom stereocenters. The summed E-state index contributed by atoms with van der Waals surface area (Å²) in [6.45, 7) is 2.54. The first-order chi connectivity index (χ1) is 12.6. The Bertz CT molecular complexity index is 939. The Hall–Kier alpha value is -1.78. The monoisotopic (exact) mass is 413 g/mol. The maximum absolute atomic E-state index is 12.8. The van der Waals surface area contributed by atoms with Crippen LogP contribution in [0.15, 0.2) is 64.4 Å². The first-order valence-electron chi connectivity index (χ1n) is 8.32. The number of aliphatic hydroxyl groups is 1. The summed E-state index contributed by atoms with van der Waals surface area (Å²) in [6, 6.07) is 13.9. The van der Waals surface area contributed by atoms with Crippen molar-refractivity contribution in [1.82, 2.24) is 4.31 Å². The molecule has 2 rings (SSSR count). The fourth-order valence-corrected chi connectivity index (χ4v) is 4.79. The highest BCUT2D eigenvalue weighted by atomic mass is 32.2. The maximum atomic E-state index is 12.8. The predicted octanol–water partition coefficient (Wildman–Crippen LogP) is 1.77. The van der Waals surface area contributed by atoms with Crippen LogP contribution in [-0.4, -0.2) is 52.0 Å². The Morgan fingerprint density at radius 1 is 0.963 bits per heavy atom. The van der Waals surface area contributed by atoms with Crippen LogP contribution in [0, 0.1) is 6.92 Å². The minimum absolute atomic E-state index is 0.00605. The zero-order chi connectivity index (χ0) is 20.1. The van der Waals surface area contributed by atoms with Gasteiger partial charge in [-0.2, -0.15) is 12.7 Å². The van der Waals surface area contributed by atoms with E-state index in [1.54, 1.807) is 30.3 Å². The molecular weight excluding hydrogens is 390 g/mol. The molecule has 0 aliphatic rings. The minimum atomic E-state index is -3.98. The fourth-order valence-electron chi connectivity index (χ4n) is 2.37. The van der Waals surface area contributed by atoms with Crippen LogP contribution in [0.25, 0.3) is 0 Å². The van der Waals surface area contributed by atoms with Gasteiger partial charge in [-0.3, -0.25) is 4.18 Å². The Balaban J connectivity index is 2.14. The van der Waals surface area contributed by atoms with Gasteiger partial charge in [-0.25, -0.2) is 8.42 Å². The smallest absolute Gasteiger partial charge is 0.297 e. The third kappa shape index (κ3) is 5.85. The highest BCUT2D eigenvalue weighted by Gasteiger charge is 2.26. The van der Waals surface area contributed by atoms with Gasteiger partial charge in [-0.15, -0.1) is 0 Å². The Morgan fingerprint density at radius 3 is 2.11 bits per heavy atom. The number of hydrogen-bond donors (Lipinski definition) is 1. The quantitative estimate of drug-likeness (QED) is 0.629. The van der Waals surface area contributed by atoms with Crippen LogP contribution >= 0.6 is 0 Å². The molecule has 7 nitrogen and oxygen atoms in total. The standard InChI is InChI=1S/C18H23NO6S2/c1-15-8-10-17(11-9-15)26(21,22)19(14-16(2)20)12-13-25-27(23,24)18-6-4-3-5-7-18/h3-11,16,20H,12-14H2,1-2H3. The maximum Gasteiger partial charge on any atom is 0.297 e. The van der Waals surface area contributed by atoms with Crippen molar-refractivity contribution in [2.75, 3.05) is 19.7 Å². The van der Waals surface area contributed by atoms with Crippen molar-refractivity contribution < 1.29 is 26.1 Å². The molecule has 0 heterocycles. The number of hydrogen-bond acceptors (Lipinski definition) is 6. The molecule has 1 unspecified atom stereocenters. The second kappa shape index (κ2) is 8.94. The molecule has 148 valence electrons. The highest BCUT2D eigenvalue weighted by molar-refractivity contribution is 7.89. The van der Waals surface area contributed by atoms with Gasteiger partial charge in [0, 0.05) is 13.1 Å². The first-order valence-corrected chi connectivity index (χ1v) is 11.2. The van der Waals surface area contributed by atoms with E-state index in [1.165, 1.54) is 31.2 Å². The molecule has 0 saturated carbocycles. The second-order valence-electron chi connectivity index (χ2n) is 6.11. The number of nitrogens with zero attached hydrogens (tertiary/aromatic N) is 1. The van der Waals surface area contributed by atoms with Gasteiger partial charge >= 0.3 is 0 Å². The molecule has 27 heavy (non-hydrogen) atoms. The van der Waals surface area contributed by atoms with E-state index in [4.69, 9.17) is 4.18 Å². The molecule has 0 spiro atoms. The lowest BCUT2D eigenvalue weighted by molar-refractivity contribution is 0.156. The van der Waals surface area contributed by atoms with Crippen molar-refractivity contribution in [2.24, 2.45) is 0 Å². The van der Waals surface area contributed by atoms with Crippen molar-refractivity contribution in [2.45, 2.75) is 29.7 Å². The second-order valence-corrected chi connectivity index (χ2v) is 9.67. The van der Waals surface area contributed by atoms with E-state index in [0.717, 1.165) is 9.87 Å². The molecular formula is C18H23NO6S2. The summed E-state index contributed by atoms with van der Waals surface area (Å²) < 4.78 is 55.9. The molecule has 0 bridgehead atoms. The lowest BCUT2D eigenvalue weighted by Gasteiger charge is -2.23. The number of aliphatic hydroxyl groups excluding tert-OH is 1. The molecule has 2 aromatic rings. The topological polar surface area (TPSA) is 101 Å². The third-order valence-electron chi connectivity index (χ3n) is 3.74. The number of rotatable bonds is 9. The van der Waals surface area contributed by atoms with Crippen molar-refractivity contribution in [3.8, 4) is 0 Å². The Labute approximate surface area is 160 Å². The van der Waals surface area contributed by atoms with Gasteiger partial charge in [0.2, 0.25) is 10.0 Å². The van der Waals surface area contributed by atoms with Crippen LogP contribution in [0.3, 0.4) is 0 Å². The van der Waals surface area contributed by atoms with Crippen LogP contribution in [0.1, 0.15) is 12.5 Å². The summed E-state index contributed by atoms with van der Waals surface area (Å²) in [7, 11) is -7.88. The van der Waals surface area contributed by atoms with Crippen molar-refractivity contribution in [3.63, 3.8) is 0 Å². The summed E-state index contributed by atoms with van der Waals surface area (Å²) in [6.07, 6.45) is -0.920. The van der Waals surface area contributed by atoms with Crippen molar-refractivity contribution in [3.05, 3.63) is 60.2 Å². The Morgan fingerprint density at radius 2 is 1.56 bits per heavy atom. The van der Waals surface area contributed by atoms with Crippen LogP contribution in [0.5, 0.6) is 0 Å². The van der Waals surface area contributed by atoms with Crippen molar-refractivity contribution >= 4 is 20.1 Å². The van der Waals surface area contributed by atoms with Crippen molar-refractivity contribution in [1.29, 1.82) is 0 Å². The zero-order valence-electron chi connectivity index (χ0n) is 15.1. The fraction of sp³-hybridized carbons (Fsp3) is 0.333. The van der Waals surface area contributed by atoms with E-state index >= 15 is 0 Å². The average Bonchev–Trinajstić information content (AvgIpc) is 2.61. The van der Waals surface area contributed by atoms with Gasteiger partial charge in [-0.1, -0.05) is 35.9 Å². The van der Waals surface area contributed by atoms with Gasteiger partial charge in [0.25, 0.3) is 10.1 Å². The molecule has 0 aliphatic carbocycles. The van der Waals surface area contributed by atoms with E-state index < -0.39 is 26.2 Å². The molecule has 0 amide bonds. The molecule has 2 aromatic carbocycles. The highest BCUT2D eigenvalue weighted by Crippen LogP contribution is 2.17. The van der Waals surface area contributed by atoms with Crippen LogP contribution < -0.4 is 0 Å². The van der Waals surface area contributed by atoms with Gasteiger partial charge in [0.05, 0.1) is 22.5 Å². The molecule has 0 fully saturated rings. The molecule has 0 radical (unpaired) electrons. The number of aryl methyl sites for hydroxylation is 1. The summed E-state index contributed by atoms with van der Waals surface area (Å²) in [5, 5.41) is 9.65. The molecule has 1 N–H and O–H groups in total. The number of benzene rings is 2. The van der Waals surface area contributed by atoms with E-state index in [1.807, 2.05) is 6.92 Å². The van der Waals surface area contributed by atoms with E-state index in [-0.39, 0.29) is 29.5 Å². The largest absolute Gasteiger partial charge is 0.392 e. The summed E-state index contributed by atoms with van der Waals surface area (Å²) >= 11 is 0. The summed E-state index contributed by atoms with van der Waals surface area (Å²) in [4.78, 5) is 0.0631. The normalized spacial score (nSPS) is 13.6. The lowest BCUT2D eigenvalue weighted by Crippen LogP contribution is -2.39. The first kappa shape index (κ1) is 21.5. The van der Waals surface area contributed by atoms with Gasteiger partial charge in [0.1, 0.15) is 0 Å². The van der Waals surface area contributed by atoms with Gasteiger partial charge < -0.3 is 5.11 Å². The molecule has 0 aliphatic heterocycles. The molecule has 0 aromatic heterocycles. The number of sulfonamides is 1.